The molecule has 0 radical (unpaired) electrons. The van der Waals surface area contributed by atoms with E-state index in [9.17, 15) is 8.42 Å². The second-order valence-electron chi connectivity index (χ2n) is 4.82. The van der Waals surface area contributed by atoms with Crippen LogP contribution in [0.25, 0.3) is 10.9 Å². The molecule has 0 spiro atoms. The van der Waals surface area contributed by atoms with Gasteiger partial charge in [-0.2, -0.15) is 0 Å². The fourth-order valence-electron chi connectivity index (χ4n) is 2.18. The van der Waals surface area contributed by atoms with Crippen LogP contribution in [-0.2, 0) is 16.6 Å². The summed E-state index contributed by atoms with van der Waals surface area (Å²) in [5, 5.41) is 4.32. The van der Waals surface area contributed by atoms with E-state index in [1.54, 1.807) is 6.07 Å². The van der Waals surface area contributed by atoms with Crippen molar-refractivity contribution >= 4 is 26.7 Å². The van der Waals surface area contributed by atoms with Crippen molar-refractivity contribution in [2.75, 3.05) is 12.4 Å². The maximum absolute atomic E-state index is 11.6. The molecule has 0 aliphatic heterocycles. The van der Waals surface area contributed by atoms with Gasteiger partial charge in [-0.05, 0) is 36.7 Å². The van der Waals surface area contributed by atoms with Gasteiger partial charge in [0, 0.05) is 17.4 Å². The Morgan fingerprint density at radius 2 is 2.00 bits per heavy atom. The fourth-order valence-corrected chi connectivity index (χ4v) is 2.85. The number of fused-ring (bicyclic) bond motifs is 1. The van der Waals surface area contributed by atoms with Crippen molar-refractivity contribution in [3.8, 4) is 0 Å². The van der Waals surface area contributed by atoms with Gasteiger partial charge in [0.15, 0.2) is 0 Å². The average molecular weight is 316 g/mol. The predicted molar refractivity (Wildman–Crippen MR) is 86.1 cm³/mol. The quantitative estimate of drug-likeness (QED) is 0.672. The lowest BCUT2D eigenvalue weighted by atomic mass is 10.2. The minimum absolute atomic E-state index is 0.145. The number of para-hydroxylation sites is 1. The normalized spacial score (nSPS) is 11.7. The number of hydrogen-bond donors (Lipinski definition) is 3. The molecule has 2 heterocycles. The van der Waals surface area contributed by atoms with Crippen molar-refractivity contribution < 1.29 is 8.42 Å². The maximum Gasteiger partial charge on any atom is 0.241 e. The van der Waals surface area contributed by atoms with Crippen molar-refractivity contribution in [1.29, 1.82) is 0 Å². The summed E-state index contributed by atoms with van der Waals surface area (Å²) in [5.74, 6) is 0.619. The van der Waals surface area contributed by atoms with Gasteiger partial charge in [-0.15, -0.1) is 0 Å². The van der Waals surface area contributed by atoms with E-state index >= 15 is 0 Å². The van der Waals surface area contributed by atoms with Gasteiger partial charge in [0.05, 0.1) is 6.54 Å². The van der Waals surface area contributed by atoms with Crippen LogP contribution < -0.4 is 10.0 Å². The number of nitrogens with zero attached hydrogens (tertiary/aromatic N) is 1. The van der Waals surface area contributed by atoms with Crippen LogP contribution in [-0.4, -0.2) is 25.4 Å². The summed E-state index contributed by atoms with van der Waals surface area (Å²) in [6, 6.07) is 13.3. The second-order valence-corrected chi connectivity index (χ2v) is 6.71. The Labute approximate surface area is 128 Å². The number of sulfonamides is 1. The Kier molecular flexibility index (Phi) is 3.82. The number of benzene rings is 1. The van der Waals surface area contributed by atoms with Crippen LogP contribution in [0.3, 0.4) is 0 Å². The summed E-state index contributed by atoms with van der Waals surface area (Å²) in [5.41, 5.74) is 2.12. The summed E-state index contributed by atoms with van der Waals surface area (Å²) in [7, 11) is -2.07. The summed E-state index contributed by atoms with van der Waals surface area (Å²) in [6.07, 6.45) is 1.33. The SMILES string of the molecule is CNS(=O)(=O)c1ccc(NCc2cc3ccccc3[nH]2)nc1. The predicted octanol–water partition coefficient (Wildman–Crippen LogP) is 2.08. The molecule has 3 aromatic rings. The van der Waals surface area contributed by atoms with Crippen LogP contribution in [0, 0.1) is 0 Å². The minimum atomic E-state index is -3.45. The monoisotopic (exact) mass is 316 g/mol. The van der Waals surface area contributed by atoms with Crippen LogP contribution in [0.1, 0.15) is 5.69 Å². The number of pyridine rings is 1. The number of H-pyrrole nitrogens is 1. The molecule has 0 bridgehead atoms. The van der Waals surface area contributed by atoms with Gasteiger partial charge >= 0.3 is 0 Å². The van der Waals surface area contributed by atoms with Gasteiger partial charge in [-0.25, -0.2) is 18.1 Å². The Bertz CT molecular complexity index is 852. The number of hydrogen-bond acceptors (Lipinski definition) is 4. The molecule has 114 valence electrons. The Morgan fingerprint density at radius 3 is 2.68 bits per heavy atom. The molecule has 0 atom stereocenters. The molecule has 3 rings (SSSR count). The van der Waals surface area contributed by atoms with Crippen molar-refractivity contribution in [3.63, 3.8) is 0 Å². The molecule has 3 N–H and O–H groups in total. The first-order valence-electron chi connectivity index (χ1n) is 6.78. The standard InChI is InChI=1S/C15H16N4O2S/c1-16-22(20,21)13-6-7-15(18-10-13)17-9-12-8-11-4-2-3-5-14(11)19-12/h2-8,10,16,19H,9H2,1H3,(H,17,18). The van der Waals surface area contributed by atoms with E-state index in [1.165, 1.54) is 19.3 Å². The molecule has 22 heavy (non-hydrogen) atoms. The maximum atomic E-state index is 11.6. The van der Waals surface area contributed by atoms with Gasteiger partial charge < -0.3 is 10.3 Å². The van der Waals surface area contributed by atoms with Crippen molar-refractivity contribution in [2.45, 2.75) is 11.4 Å². The van der Waals surface area contributed by atoms with Gasteiger partial charge in [0.1, 0.15) is 10.7 Å². The van der Waals surface area contributed by atoms with E-state index in [1.807, 2.05) is 24.3 Å². The highest BCUT2D eigenvalue weighted by molar-refractivity contribution is 7.89. The zero-order valence-electron chi connectivity index (χ0n) is 12.0. The van der Waals surface area contributed by atoms with Crippen LogP contribution >= 0.6 is 0 Å². The lowest BCUT2D eigenvalue weighted by Crippen LogP contribution is -2.18. The first kappa shape index (κ1) is 14.6. The Balaban J connectivity index is 1.71. The largest absolute Gasteiger partial charge is 0.365 e. The molecule has 0 aliphatic carbocycles. The molecule has 1 aromatic carbocycles. The molecular weight excluding hydrogens is 300 g/mol. The highest BCUT2D eigenvalue weighted by Gasteiger charge is 2.11. The first-order valence-corrected chi connectivity index (χ1v) is 8.27. The highest BCUT2D eigenvalue weighted by atomic mass is 32.2. The lowest BCUT2D eigenvalue weighted by Gasteiger charge is -2.06. The van der Waals surface area contributed by atoms with Crippen LogP contribution in [0.15, 0.2) is 53.6 Å². The summed E-state index contributed by atoms with van der Waals surface area (Å²) < 4.78 is 25.5. The molecule has 2 aromatic heterocycles. The smallest absolute Gasteiger partial charge is 0.241 e. The highest BCUT2D eigenvalue weighted by Crippen LogP contribution is 2.16. The van der Waals surface area contributed by atoms with Crippen LogP contribution in [0.4, 0.5) is 5.82 Å². The minimum Gasteiger partial charge on any atom is -0.365 e. The van der Waals surface area contributed by atoms with Crippen molar-refractivity contribution in [2.24, 2.45) is 0 Å². The van der Waals surface area contributed by atoms with Crippen molar-refractivity contribution in [1.82, 2.24) is 14.7 Å². The van der Waals surface area contributed by atoms with Gasteiger partial charge in [-0.3, -0.25) is 0 Å². The van der Waals surface area contributed by atoms with Crippen LogP contribution in [0.2, 0.25) is 0 Å². The number of anilines is 1. The third-order valence-corrected chi connectivity index (χ3v) is 4.76. The zero-order valence-corrected chi connectivity index (χ0v) is 12.8. The van der Waals surface area contributed by atoms with E-state index < -0.39 is 10.0 Å². The average Bonchev–Trinajstić information content (AvgIpc) is 2.96. The summed E-state index contributed by atoms with van der Waals surface area (Å²) >= 11 is 0. The number of rotatable bonds is 5. The Hall–Kier alpha value is -2.38. The Morgan fingerprint density at radius 1 is 1.18 bits per heavy atom. The van der Waals surface area contributed by atoms with Crippen LogP contribution in [0.5, 0.6) is 0 Å². The molecule has 7 heteroatoms. The fraction of sp³-hybridized carbons (Fsp3) is 0.133. The van der Waals surface area contributed by atoms with E-state index in [0.717, 1.165) is 16.6 Å². The number of nitrogens with one attached hydrogen (secondary N) is 3. The molecule has 0 saturated heterocycles. The van der Waals surface area contributed by atoms with E-state index in [0.29, 0.717) is 12.4 Å². The first-order chi connectivity index (χ1) is 10.6. The molecule has 0 amide bonds. The zero-order chi connectivity index (χ0) is 15.6. The lowest BCUT2D eigenvalue weighted by molar-refractivity contribution is 0.588. The van der Waals surface area contributed by atoms with Gasteiger partial charge in [0.2, 0.25) is 10.0 Å². The molecule has 6 nitrogen and oxygen atoms in total. The topological polar surface area (TPSA) is 86.9 Å². The molecule has 0 saturated carbocycles. The molecule has 0 unspecified atom stereocenters. The number of aromatic nitrogens is 2. The third kappa shape index (κ3) is 2.95. The third-order valence-electron chi connectivity index (χ3n) is 3.36. The second kappa shape index (κ2) is 5.78. The van der Waals surface area contributed by atoms with Gasteiger partial charge in [-0.1, -0.05) is 18.2 Å². The number of aromatic amines is 1. The van der Waals surface area contributed by atoms with E-state index in [2.05, 4.69) is 26.1 Å². The van der Waals surface area contributed by atoms with E-state index in [-0.39, 0.29) is 4.90 Å². The summed E-state index contributed by atoms with van der Waals surface area (Å²) in [6.45, 7) is 0.583. The van der Waals surface area contributed by atoms with E-state index in [4.69, 9.17) is 0 Å². The molecule has 0 fully saturated rings. The van der Waals surface area contributed by atoms with Gasteiger partial charge in [0.25, 0.3) is 0 Å². The summed E-state index contributed by atoms with van der Waals surface area (Å²) in [4.78, 5) is 7.58. The van der Waals surface area contributed by atoms with Crippen molar-refractivity contribution in [3.05, 3.63) is 54.4 Å². The molecule has 0 aliphatic rings. The molecular formula is C15H16N4O2S.